The van der Waals surface area contributed by atoms with Crippen LogP contribution in [-0.2, 0) is 21.4 Å². The Kier molecular flexibility index (Phi) is 9.27. The highest BCUT2D eigenvalue weighted by Gasteiger charge is 2.53. The molecule has 1 heterocycles. The zero-order chi connectivity index (χ0) is 28.1. The molecule has 40 heavy (non-hydrogen) atoms. The molecule has 4 atom stereocenters. The molecule has 6 heteroatoms. The van der Waals surface area contributed by atoms with Crippen LogP contribution in [0.5, 0.6) is 5.75 Å². The topological polar surface area (TPSA) is 70.1 Å². The minimum Gasteiger partial charge on any atom is -0.427 e. The van der Waals surface area contributed by atoms with E-state index >= 15 is 0 Å². The van der Waals surface area contributed by atoms with Crippen molar-refractivity contribution in [3.8, 4) is 5.75 Å². The first kappa shape index (κ1) is 28.8. The van der Waals surface area contributed by atoms with E-state index in [9.17, 15) is 14.7 Å². The van der Waals surface area contributed by atoms with Gasteiger partial charge in [-0.25, -0.2) is 0 Å². The lowest BCUT2D eigenvalue weighted by atomic mass is 9.56. The van der Waals surface area contributed by atoms with Crippen LogP contribution in [0.1, 0.15) is 75.8 Å². The van der Waals surface area contributed by atoms with Crippen LogP contribution < -0.4 is 4.74 Å². The highest BCUT2D eigenvalue weighted by molar-refractivity contribution is 5.76. The van der Waals surface area contributed by atoms with Gasteiger partial charge < -0.3 is 19.6 Å². The number of aryl methyl sites for hydroxylation is 1. The van der Waals surface area contributed by atoms with Crippen molar-refractivity contribution in [2.75, 3.05) is 26.7 Å². The van der Waals surface area contributed by atoms with Crippen LogP contribution in [0.25, 0.3) is 0 Å². The smallest absolute Gasteiger partial charge is 0.308 e. The molecule has 1 unspecified atom stereocenters. The number of benzene rings is 2. The maximum Gasteiger partial charge on any atom is 0.308 e. The fraction of sp³-hybridized carbons (Fsp3) is 0.588. The van der Waals surface area contributed by atoms with Gasteiger partial charge in [-0.3, -0.25) is 9.59 Å². The molecule has 1 saturated heterocycles. The number of hydrogen-bond acceptors (Lipinski definition) is 5. The van der Waals surface area contributed by atoms with E-state index < -0.39 is 6.10 Å². The molecule has 6 nitrogen and oxygen atoms in total. The van der Waals surface area contributed by atoms with Crippen molar-refractivity contribution in [2.45, 2.75) is 88.7 Å². The van der Waals surface area contributed by atoms with Gasteiger partial charge in [0.05, 0.1) is 6.10 Å². The van der Waals surface area contributed by atoms with Crippen molar-refractivity contribution < 1.29 is 19.4 Å². The number of piperidine rings is 1. The fourth-order valence-electron chi connectivity index (χ4n) is 7.22. The number of fused-ring (bicyclic) bond motifs is 1. The quantitative estimate of drug-likeness (QED) is 0.233. The Labute approximate surface area is 239 Å². The Morgan fingerprint density at radius 1 is 1.07 bits per heavy atom. The van der Waals surface area contributed by atoms with Crippen LogP contribution in [0, 0.1) is 11.8 Å². The Hall–Kier alpha value is -2.70. The van der Waals surface area contributed by atoms with E-state index in [-0.39, 0.29) is 29.3 Å². The molecule has 3 aliphatic rings. The maximum atomic E-state index is 13.3. The van der Waals surface area contributed by atoms with Gasteiger partial charge in [-0.1, -0.05) is 48.9 Å². The predicted octanol–water partition coefficient (Wildman–Crippen LogP) is 5.37. The Balaban J connectivity index is 1.26. The van der Waals surface area contributed by atoms with E-state index in [4.69, 9.17) is 4.74 Å². The van der Waals surface area contributed by atoms with Gasteiger partial charge in [-0.05, 0) is 87.1 Å². The molecule has 2 aromatic carbocycles. The van der Waals surface area contributed by atoms with Crippen molar-refractivity contribution in [1.82, 2.24) is 9.80 Å². The molecule has 0 bridgehead atoms. The van der Waals surface area contributed by atoms with Crippen LogP contribution in [0.15, 0.2) is 54.6 Å². The van der Waals surface area contributed by atoms with Gasteiger partial charge in [0.25, 0.3) is 0 Å². The monoisotopic (exact) mass is 546 g/mol. The summed E-state index contributed by atoms with van der Waals surface area (Å²) in [6, 6.07) is 18.4. The van der Waals surface area contributed by atoms with E-state index in [0.717, 1.165) is 69.6 Å². The second-order valence-corrected chi connectivity index (χ2v) is 12.5. The summed E-state index contributed by atoms with van der Waals surface area (Å²) in [7, 11) is 1.93. The van der Waals surface area contributed by atoms with Crippen LogP contribution in [0.2, 0.25) is 0 Å². The molecule has 1 amide bonds. The van der Waals surface area contributed by atoms with Crippen molar-refractivity contribution in [1.29, 1.82) is 0 Å². The molecule has 1 aliphatic heterocycles. The Morgan fingerprint density at radius 2 is 1.88 bits per heavy atom. The van der Waals surface area contributed by atoms with Gasteiger partial charge in [-0.2, -0.15) is 0 Å². The molecular formula is C34H46N2O4. The molecule has 0 radical (unpaired) electrons. The predicted molar refractivity (Wildman–Crippen MR) is 157 cm³/mol. The van der Waals surface area contributed by atoms with Gasteiger partial charge in [-0.15, -0.1) is 0 Å². The summed E-state index contributed by atoms with van der Waals surface area (Å²) in [5.41, 5.74) is 2.21. The van der Waals surface area contributed by atoms with E-state index in [1.165, 1.54) is 25.3 Å². The fourth-order valence-corrected chi connectivity index (χ4v) is 7.22. The van der Waals surface area contributed by atoms with E-state index in [0.29, 0.717) is 18.6 Å². The third-order valence-corrected chi connectivity index (χ3v) is 9.64. The molecule has 0 aromatic heterocycles. The standard InChI is InChI=1S/C34H46N2O4/c1-25(37)40-30-14-9-13-28(20-30)34-18-19-36(23-27-16-17-27)24-31(34)32(38)21-29(22-34)35(2)33(39)15-8-4-7-12-26-10-5-3-6-11-26/h3,5-6,9-11,13-14,20,27,29,31-32,38H,4,7-8,12,15-19,21-24H2,1-2H3/t29-,31+,32?,34+/m1/s1. The van der Waals surface area contributed by atoms with Crippen LogP contribution in [0.4, 0.5) is 0 Å². The molecule has 3 fully saturated rings. The molecule has 5 rings (SSSR count). The summed E-state index contributed by atoms with van der Waals surface area (Å²) < 4.78 is 5.46. The van der Waals surface area contributed by atoms with Gasteiger partial charge in [0.1, 0.15) is 5.75 Å². The second kappa shape index (κ2) is 12.9. The highest BCUT2D eigenvalue weighted by Crippen LogP contribution is 2.51. The normalized spacial score (nSPS) is 26.6. The van der Waals surface area contributed by atoms with Crippen molar-refractivity contribution >= 4 is 11.9 Å². The van der Waals surface area contributed by atoms with E-state index in [1.807, 2.05) is 36.2 Å². The Bertz CT molecular complexity index is 1150. The summed E-state index contributed by atoms with van der Waals surface area (Å²) in [5.74, 6) is 1.29. The zero-order valence-electron chi connectivity index (χ0n) is 24.3. The van der Waals surface area contributed by atoms with Crippen LogP contribution in [-0.4, -0.2) is 65.6 Å². The summed E-state index contributed by atoms with van der Waals surface area (Å²) in [6.07, 6.45) is 9.13. The highest BCUT2D eigenvalue weighted by atomic mass is 16.5. The van der Waals surface area contributed by atoms with Crippen LogP contribution >= 0.6 is 0 Å². The molecule has 2 aliphatic carbocycles. The van der Waals surface area contributed by atoms with E-state index in [1.54, 1.807) is 0 Å². The van der Waals surface area contributed by atoms with Crippen LogP contribution in [0.3, 0.4) is 0 Å². The summed E-state index contributed by atoms with van der Waals surface area (Å²) in [6.45, 7) is 4.41. The lowest BCUT2D eigenvalue weighted by Gasteiger charge is -2.56. The lowest BCUT2D eigenvalue weighted by molar-refractivity contribution is -0.137. The number of hydrogen-bond donors (Lipinski definition) is 1. The first-order chi connectivity index (χ1) is 19.3. The maximum absolute atomic E-state index is 13.3. The summed E-state index contributed by atoms with van der Waals surface area (Å²) in [4.78, 5) is 29.5. The van der Waals surface area contributed by atoms with Crippen molar-refractivity contribution in [3.63, 3.8) is 0 Å². The first-order valence-corrected chi connectivity index (χ1v) is 15.3. The Morgan fingerprint density at radius 3 is 2.62 bits per heavy atom. The van der Waals surface area contributed by atoms with E-state index in [2.05, 4.69) is 35.2 Å². The zero-order valence-corrected chi connectivity index (χ0v) is 24.3. The number of nitrogens with zero attached hydrogens (tertiary/aromatic N) is 2. The second-order valence-electron chi connectivity index (χ2n) is 12.5. The average molecular weight is 547 g/mol. The lowest BCUT2D eigenvalue weighted by Crippen LogP contribution is -2.61. The number of carbonyl (C=O) groups is 2. The first-order valence-electron chi connectivity index (χ1n) is 15.3. The SMILES string of the molecule is CC(=O)Oc1cccc([C@@]23CCN(CC4CC4)C[C@H]2C(O)C[C@@H](N(C)C(=O)CCCCCc2ccccc2)C3)c1. The molecular weight excluding hydrogens is 500 g/mol. The molecule has 2 aromatic rings. The summed E-state index contributed by atoms with van der Waals surface area (Å²) >= 11 is 0. The largest absolute Gasteiger partial charge is 0.427 e. The number of esters is 1. The van der Waals surface area contributed by atoms with Gasteiger partial charge in [0.2, 0.25) is 5.91 Å². The molecule has 216 valence electrons. The molecule has 2 saturated carbocycles. The van der Waals surface area contributed by atoms with Gasteiger partial charge in [0.15, 0.2) is 0 Å². The molecule has 1 N–H and O–H groups in total. The minimum atomic E-state index is -0.487. The van der Waals surface area contributed by atoms with Crippen molar-refractivity contribution in [2.24, 2.45) is 11.8 Å². The summed E-state index contributed by atoms with van der Waals surface area (Å²) in [5, 5.41) is 11.6. The molecule has 0 spiro atoms. The number of rotatable bonds is 11. The number of unbranched alkanes of at least 4 members (excludes halogenated alkanes) is 2. The third kappa shape index (κ3) is 6.95. The average Bonchev–Trinajstić information content (AvgIpc) is 3.77. The third-order valence-electron chi connectivity index (χ3n) is 9.64. The number of amides is 1. The van der Waals surface area contributed by atoms with Crippen molar-refractivity contribution in [3.05, 3.63) is 65.7 Å². The van der Waals surface area contributed by atoms with Gasteiger partial charge in [0, 0.05) is 50.9 Å². The number of ether oxygens (including phenoxy) is 1. The number of aliphatic hydroxyl groups is 1. The number of likely N-dealkylation sites (tertiary alicyclic amines) is 1. The minimum absolute atomic E-state index is 0.0181. The number of aliphatic hydroxyl groups excluding tert-OH is 1. The van der Waals surface area contributed by atoms with Gasteiger partial charge >= 0.3 is 5.97 Å². The number of carbonyl (C=O) groups excluding carboxylic acids is 2.